The summed E-state index contributed by atoms with van der Waals surface area (Å²) in [6.45, 7) is 1.88. The van der Waals surface area contributed by atoms with E-state index in [-0.39, 0.29) is 11.6 Å². The number of benzene rings is 1. The molecule has 0 spiro atoms. The highest BCUT2D eigenvalue weighted by Crippen LogP contribution is 2.18. The van der Waals surface area contributed by atoms with E-state index in [1.807, 2.05) is 19.1 Å². The number of nitrogen functional groups attached to an aromatic ring is 1. The van der Waals surface area contributed by atoms with Crippen molar-refractivity contribution in [3.8, 4) is 6.07 Å². The summed E-state index contributed by atoms with van der Waals surface area (Å²) in [5.74, 6) is -0.335. The first kappa shape index (κ1) is 12.6. The third-order valence-corrected chi connectivity index (χ3v) is 2.64. The van der Waals surface area contributed by atoms with Gasteiger partial charge in [0.15, 0.2) is 0 Å². The molecule has 3 N–H and O–H groups in total. The van der Waals surface area contributed by atoms with E-state index in [4.69, 9.17) is 11.0 Å². The lowest BCUT2D eigenvalue weighted by atomic mass is 10.1. The number of aromatic nitrogens is 1. The predicted octanol–water partition coefficient (Wildman–Crippen LogP) is 2.10. The Morgan fingerprint density at radius 1 is 1.37 bits per heavy atom. The molecule has 1 aromatic carbocycles. The number of amides is 1. The summed E-state index contributed by atoms with van der Waals surface area (Å²) >= 11 is 0. The van der Waals surface area contributed by atoms with Crippen molar-refractivity contribution in [3.63, 3.8) is 0 Å². The van der Waals surface area contributed by atoms with Crippen molar-refractivity contribution in [2.24, 2.45) is 0 Å². The molecule has 0 aliphatic rings. The Morgan fingerprint density at radius 3 is 2.79 bits per heavy atom. The molecule has 0 saturated heterocycles. The lowest BCUT2D eigenvalue weighted by Gasteiger charge is -2.08. The van der Waals surface area contributed by atoms with Gasteiger partial charge in [0.2, 0.25) is 0 Å². The van der Waals surface area contributed by atoms with Gasteiger partial charge >= 0.3 is 0 Å². The number of hydrogen-bond donors (Lipinski definition) is 2. The third-order valence-electron chi connectivity index (χ3n) is 2.64. The second kappa shape index (κ2) is 5.19. The highest BCUT2D eigenvalue weighted by atomic mass is 16.1. The fraction of sp³-hybridized carbons (Fsp3) is 0.0714. The van der Waals surface area contributed by atoms with Crippen LogP contribution in [0.25, 0.3) is 0 Å². The first-order chi connectivity index (χ1) is 9.10. The van der Waals surface area contributed by atoms with Crippen LogP contribution in [0, 0.1) is 18.3 Å². The van der Waals surface area contributed by atoms with Gasteiger partial charge in [-0.1, -0.05) is 6.07 Å². The fourth-order valence-electron chi connectivity index (χ4n) is 1.55. The van der Waals surface area contributed by atoms with Crippen molar-refractivity contribution in [1.29, 1.82) is 5.26 Å². The molecule has 19 heavy (non-hydrogen) atoms. The smallest absolute Gasteiger partial charge is 0.274 e. The zero-order valence-electron chi connectivity index (χ0n) is 10.3. The van der Waals surface area contributed by atoms with Crippen LogP contribution in [-0.4, -0.2) is 10.9 Å². The minimum atomic E-state index is -0.335. The summed E-state index contributed by atoms with van der Waals surface area (Å²) < 4.78 is 0. The molecule has 1 amide bonds. The van der Waals surface area contributed by atoms with Crippen molar-refractivity contribution in [1.82, 2.24) is 4.98 Å². The number of aryl methyl sites for hydroxylation is 1. The van der Waals surface area contributed by atoms with Crippen molar-refractivity contribution in [2.75, 3.05) is 11.1 Å². The molecule has 0 saturated carbocycles. The van der Waals surface area contributed by atoms with Crippen LogP contribution in [-0.2, 0) is 0 Å². The number of nitrogens with zero attached hydrogens (tertiary/aromatic N) is 2. The second-order valence-electron chi connectivity index (χ2n) is 4.07. The molecule has 5 nitrogen and oxygen atoms in total. The van der Waals surface area contributed by atoms with Crippen LogP contribution in [0.1, 0.15) is 21.6 Å². The highest BCUT2D eigenvalue weighted by Gasteiger charge is 2.09. The zero-order chi connectivity index (χ0) is 13.8. The van der Waals surface area contributed by atoms with Gasteiger partial charge in [-0.25, -0.2) is 4.98 Å². The maximum absolute atomic E-state index is 12.0. The summed E-state index contributed by atoms with van der Waals surface area (Å²) in [6, 6.07) is 10.3. The lowest BCUT2D eigenvalue weighted by molar-refractivity contribution is 0.102. The van der Waals surface area contributed by atoms with E-state index in [2.05, 4.69) is 10.3 Å². The average Bonchev–Trinajstić information content (AvgIpc) is 2.43. The fourth-order valence-corrected chi connectivity index (χ4v) is 1.55. The van der Waals surface area contributed by atoms with Gasteiger partial charge in [-0.3, -0.25) is 4.79 Å². The molecular formula is C14H12N4O. The molecule has 0 fully saturated rings. The van der Waals surface area contributed by atoms with Gasteiger partial charge in [0.1, 0.15) is 11.8 Å². The predicted molar refractivity (Wildman–Crippen MR) is 72.5 cm³/mol. The monoisotopic (exact) mass is 252 g/mol. The normalized spacial score (nSPS) is 9.68. The number of carbonyl (C=O) groups excluding carboxylic acids is 1. The number of hydrogen-bond acceptors (Lipinski definition) is 4. The molecule has 0 atom stereocenters. The van der Waals surface area contributed by atoms with Crippen LogP contribution in [0.5, 0.6) is 0 Å². The first-order valence-corrected chi connectivity index (χ1v) is 5.64. The Balaban J connectivity index is 2.21. The van der Waals surface area contributed by atoms with Crippen molar-refractivity contribution in [2.45, 2.75) is 6.92 Å². The van der Waals surface area contributed by atoms with Crippen LogP contribution in [0.3, 0.4) is 0 Å². The van der Waals surface area contributed by atoms with Crippen LogP contribution < -0.4 is 11.1 Å². The lowest BCUT2D eigenvalue weighted by Crippen LogP contribution is -2.14. The topological polar surface area (TPSA) is 91.8 Å². The standard InChI is InChI=1S/C14H12N4O/c1-9-2-4-11(16)6-13(9)18-14(19)12-5-3-10(7-15)8-17-12/h2-6,8H,16H2,1H3,(H,18,19). The summed E-state index contributed by atoms with van der Waals surface area (Å²) in [5.41, 5.74) is 8.48. The molecule has 2 aromatic rings. The Hall–Kier alpha value is -2.87. The summed E-state index contributed by atoms with van der Waals surface area (Å²) in [6.07, 6.45) is 1.36. The van der Waals surface area contributed by atoms with Crippen molar-refractivity contribution in [3.05, 3.63) is 53.3 Å². The molecule has 0 radical (unpaired) electrons. The molecule has 5 heteroatoms. The summed E-state index contributed by atoms with van der Waals surface area (Å²) in [4.78, 5) is 15.9. The van der Waals surface area contributed by atoms with Crippen LogP contribution in [0.2, 0.25) is 0 Å². The van der Waals surface area contributed by atoms with Gasteiger partial charge in [-0.05, 0) is 36.8 Å². The van der Waals surface area contributed by atoms with Gasteiger partial charge < -0.3 is 11.1 Å². The van der Waals surface area contributed by atoms with E-state index < -0.39 is 0 Å². The molecule has 0 bridgehead atoms. The Morgan fingerprint density at radius 2 is 2.16 bits per heavy atom. The van der Waals surface area contributed by atoms with Crippen molar-refractivity contribution >= 4 is 17.3 Å². The summed E-state index contributed by atoms with van der Waals surface area (Å²) in [5, 5.41) is 11.4. The minimum Gasteiger partial charge on any atom is -0.399 e. The average molecular weight is 252 g/mol. The largest absolute Gasteiger partial charge is 0.399 e. The molecular weight excluding hydrogens is 240 g/mol. The maximum atomic E-state index is 12.0. The second-order valence-corrected chi connectivity index (χ2v) is 4.07. The Labute approximate surface area is 110 Å². The number of nitrogens with two attached hydrogens (primary N) is 1. The maximum Gasteiger partial charge on any atom is 0.274 e. The zero-order valence-corrected chi connectivity index (χ0v) is 10.3. The quantitative estimate of drug-likeness (QED) is 0.800. The van der Waals surface area contributed by atoms with E-state index in [0.29, 0.717) is 16.9 Å². The van der Waals surface area contributed by atoms with Gasteiger partial charge in [-0.2, -0.15) is 5.26 Å². The number of anilines is 2. The molecule has 94 valence electrons. The number of carbonyl (C=O) groups is 1. The van der Waals surface area contributed by atoms with Gasteiger partial charge in [0.25, 0.3) is 5.91 Å². The van der Waals surface area contributed by atoms with Crippen molar-refractivity contribution < 1.29 is 4.79 Å². The number of nitriles is 1. The van der Waals surface area contributed by atoms with Gasteiger partial charge in [0, 0.05) is 17.6 Å². The van der Waals surface area contributed by atoms with E-state index >= 15 is 0 Å². The summed E-state index contributed by atoms with van der Waals surface area (Å²) in [7, 11) is 0. The highest BCUT2D eigenvalue weighted by molar-refractivity contribution is 6.03. The molecule has 0 aliphatic heterocycles. The van der Waals surface area contributed by atoms with Crippen LogP contribution >= 0.6 is 0 Å². The Bertz CT molecular complexity index is 656. The first-order valence-electron chi connectivity index (χ1n) is 5.64. The number of pyridine rings is 1. The third kappa shape index (κ3) is 2.87. The Kier molecular flexibility index (Phi) is 3.44. The molecule has 1 aromatic heterocycles. The number of nitrogens with one attached hydrogen (secondary N) is 1. The van der Waals surface area contributed by atoms with E-state index in [9.17, 15) is 4.79 Å². The van der Waals surface area contributed by atoms with E-state index in [1.54, 1.807) is 18.2 Å². The molecule has 0 unspecified atom stereocenters. The van der Waals surface area contributed by atoms with Gasteiger partial charge in [-0.15, -0.1) is 0 Å². The van der Waals surface area contributed by atoms with Gasteiger partial charge in [0.05, 0.1) is 5.56 Å². The van der Waals surface area contributed by atoms with E-state index in [0.717, 1.165) is 5.56 Å². The molecule has 2 rings (SSSR count). The minimum absolute atomic E-state index is 0.251. The van der Waals surface area contributed by atoms with E-state index in [1.165, 1.54) is 12.3 Å². The van der Waals surface area contributed by atoms with Crippen LogP contribution in [0.4, 0.5) is 11.4 Å². The SMILES string of the molecule is Cc1ccc(N)cc1NC(=O)c1ccc(C#N)cn1. The molecule has 0 aliphatic carbocycles. The van der Waals surface area contributed by atoms with Crippen LogP contribution in [0.15, 0.2) is 36.5 Å². The molecule has 1 heterocycles. The number of rotatable bonds is 2.